The normalized spacial score (nSPS) is 11.2. The summed E-state index contributed by atoms with van der Waals surface area (Å²) >= 11 is 0. The Hall–Kier alpha value is -5.89. The van der Waals surface area contributed by atoms with Crippen molar-refractivity contribution in [1.29, 1.82) is 0 Å². The van der Waals surface area contributed by atoms with Crippen LogP contribution in [-0.4, -0.2) is 55.0 Å². The van der Waals surface area contributed by atoms with Crippen LogP contribution in [0.3, 0.4) is 0 Å². The van der Waals surface area contributed by atoms with Gasteiger partial charge in [-0.2, -0.15) is 0 Å². The van der Waals surface area contributed by atoms with E-state index in [1.807, 2.05) is 54.6 Å². The summed E-state index contributed by atoms with van der Waals surface area (Å²) in [6.45, 7) is 0.166. The molecule has 0 radical (unpaired) electrons. The second-order valence-corrected chi connectivity index (χ2v) is 22.6. The maximum Gasteiger partial charge on any atom is 0.220 e. The molecule has 0 aliphatic carbocycles. The molecule has 0 aliphatic rings. The zero-order chi connectivity index (χ0) is 49.7. The first-order valence-electron chi connectivity index (χ1n) is 26.1. The van der Waals surface area contributed by atoms with Gasteiger partial charge >= 0.3 is 0 Å². The van der Waals surface area contributed by atoms with Crippen molar-refractivity contribution in [3.8, 4) is 0 Å². The zero-order valence-electron chi connectivity index (χ0n) is 42.1. The molecule has 0 spiro atoms. The smallest absolute Gasteiger partial charge is 0.220 e. The van der Waals surface area contributed by atoms with Crippen LogP contribution in [0.1, 0.15) is 107 Å². The van der Waals surface area contributed by atoms with Crippen molar-refractivity contribution in [2.24, 2.45) is 0 Å². The molecule has 10 heteroatoms. The maximum absolute atomic E-state index is 14.0. The van der Waals surface area contributed by atoms with Gasteiger partial charge in [0.25, 0.3) is 0 Å². The molecule has 8 nitrogen and oxygen atoms in total. The van der Waals surface area contributed by atoms with E-state index < -0.39 is 12.8 Å². The lowest BCUT2D eigenvalue weighted by Crippen LogP contribution is -3.00. The highest BCUT2D eigenvalue weighted by Crippen LogP contribution is 2.56. The topological polar surface area (TPSA) is 116 Å². The van der Waals surface area contributed by atoms with Crippen LogP contribution >= 0.6 is 7.26 Å². The lowest BCUT2D eigenvalue weighted by atomic mass is 9.97. The van der Waals surface area contributed by atoms with E-state index in [4.69, 9.17) is 0 Å². The molecule has 72 heavy (non-hydrogen) atoms. The highest BCUT2D eigenvalue weighted by molar-refractivity contribution is 7.95. The van der Waals surface area contributed by atoms with E-state index in [0.29, 0.717) is 44.9 Å². The van der Waals surface area contributed by atoms with Crippen LogP contribution in [-0.2, 0) is 38.4 Å². The largest absolute Gasteiger partial charge is 1.00 e. The molecule has 0 fully saturated rings. The Labute approximate surface area is 441 Å². The minimum atomic E-state index is -1.85. The first kappa shape index (κ1) is 57.0. The molecule has 6 aromatic rings. The van der Waals surface area contributed by atoms with Crippen LogP contribution in [0, 0.1) is 0 Å². The summed E-state index contributed by atoms with van der Waals surface area (Å²) in [6.07, 6.45) is 13.9. The van der Waals surface area contributed by atoms with E-state index in [0.717, 1.165) is 70.4 Å². The number of rotatable bonds is 32. The number of benzene rings is 6. The summed E-state index contributed by atoms with van der Waals surface area (Å²) in [5.41, 5.74) is 2.36. The van der Waals surface area contributed by atoms with Crippen molar-refractivity contribution in [2.45, 2.75) is 115 Å². The monoisotopic (exact) mass is 1050 g/mol. The van der Waals surface area contributed by atoms with Crippen LogP contribution in [0.4, 0.5) is 0 Å². The third-order valence-corrected chi connectivity index (χ3v) is 17.9. The van der Waals surface area contributed by atoms with Gasteiger partial charge in [-0.3, -0.25) is 19.2 Å². The molecule has 0 heterocycles. The van der Waals surface area contributed by atoms with Crippen molar-refractivity contribution in [3.63, 3.8) is 0 Å². The molecule has 0 saturated heterocycles. The van der Waals surface area contributed by atoms with Gasteiger partial charge in [0.2, 0.25) is 23.6 Å². The predicted octanol–water partition coefficient (Wildman–Crippen LogP) is 7.38. The molecule has 0 unspecified atom stereocenters. The van der Waals surface area contributed by atoms with Gasteiger partial charge in [-0.1, -0.05) is 171 Å². The molecule has 6 rings (SSSR count). The predicted molar refractivity (Wildman–Crippen MR) is 295 cm³/mol. The van der Waals surface area contributed by atoms with Crippen molar-refractivity contribution in [3.05, 3.63) is 199 Å². The van der Waals surface area contributed by atoms with Gasteiger partial charge < -0.3 is 38.2 Å². The van der Waals surface area contributed by atoms with Crippen LogP contribution in [0.25, 0.3) is 0 Å². The van der Waals surface area contributed by atoms with E-state index in [-0.39, 0.29) is 60.2 Å². The second kappa shape index (κ2) is 32.2. The number of hydrogen-bond donors (Lipinski definition) is 4. The molecule has 4 amide bonds. The SMILES string of the molecule is O=C(CCCc1ccccc1)NCC(CNC(=O)CCCc1ccccc1)(CNC(=O)CCCc1ccccc1)NC(=O)CCCCCCCCC[P+](c1ccccc1)(c1ccccc1)c1ccccc1.[Br-]. The number of halogens is 1. The summed E-state index contributed by atoms with van der Waals surface area (Å²) in [4.78, 5) is 54.1. The molecule has 380 valence electrons. The third-order valence-electron chi connectivity index (χ3n) is 13.4. The van der Waals surface area contributed by atoms with Crippen LogP contribution in [0.15, 0.2) is 182 Å². The Morgan fingerprint density at radius 3 is 0.944 bits per heavy atom. The standard InChI is InChI=1S/C62H75N4O4P.BrH/c67-58(45-26-35-52-29-12-6-13-30-52)63-49-62(50-64-59(68)46-27-36-53-31-14-7-15-32-53,51-65-60(69)47-28-37-54-33-16-8-17-34-54)66-61(70)44-24-4-2-1-3-5-25-48-71(55-38-18-9-19-39-55,56-40-20-10-21-41-56)57-42-22-11-23-43-57;/h6-23,29-34,38-43H,1-5,24-28,35-37,44-51H2,(H3-,63,64,65,66,67,68,69,70);1H. The number of amides is 4. The number of carbonyl (C=O) groups is 4. The van der Waals surface area contributed by atoms with Crippen molar-refractivity contribution in [2.75, 3.05) is 25.8 Å². The average molecular weight is 1050 g/mol. The minimum Gasteiger partial charge on any atom is -1.00 e. The third kappa shape index (κ3) is 19.6. The van der Waals surface area contributed by atoms with Crippen molar-refractivity contribution in [1.82, 2.24) is 21.3 Å². The van der Waals surface area contributed by atoms with E-state index in [2.05, 4.69) is 149 Å². The van der Waals surface area contributed by atoms with Gasteiger partial charge in [-0.15, -0.1) is 0 Å². The van der Waals surface area contributed by atoms with Gasteiger partial charge in [0.1, 0.15) is 23.2 Å². The second-order valence-electron chi connectivity index (χ2n) is 18.9. The fourth-order valence-corrected chi connectivity index (χ4v) is 13.9. The lowest BCUT2D eigenvalue weighted by Gasteiger charge is -2.35. The number of carbonyl (C=O) groups excluding carboxylic acids is 4. The number of nitrogens with one attached hydrogen (secondary N) is 4. The fourth-order valence-electron chi connectivity index (χ4n) is 9.44. The quantitative estimate of drug-likeness (QED) is 0.0261. The van der Waals surface area contributed by atoms with Crippen molar-refractivity contribution < 1.29 is 36.2 Å². The molecule has 0 aromatic heterocycles. The van der Waals surface area contributed by atoms with Gasteiger partial charge in [-0.05, 0) is 111 Å². The van der Waals surface area contributed by atoms with Gasteiger partial charge in [0.05, 0.1) is 11.7 Å². The summed E-state index contributed by atoms with van der Waals surface area (Å²) in [6, 6.07) is 63.5. The summed E-state index contributed by atoms with van der Waals surface area (Å²) < 4.78 is 0. The molecule has 0 aliphatic heterocycles. The maximum atomic E-state index is 14.0. The Kier molecular flexibility index (Phi) is 25.5. The number of unbranched alkanes of at least 4 members (excludes halogenated alkanes) is 6. The number of hydrogen-bond acceptors (Lipinski definition) is 4. The molecule has 4 N–H and O–H groups in total. The van der Waals surface area contributed by atoms with E-state index in [9.17, 15) is 19.2 Å². The Bertz CT molecular complexity index is 2200. The summed E-state index contributed by atoms with van der Waals surface area (Å²) in [5.74, 6) is -0.593. The van der Waals surface area contributed by atoms with E-state index >= 15 is 0 Å². The molecule has 0 atom stereocenters. The van der Waals surface area contributed by atoms with E-state index in [1.54, 1.807) is 0 Å². The van der Waals surface area contributed by atoms with E-state index in [1.165, 1.54) is 32.6 Å². The fraction of sp³-hybridized carbons (Fsp3) is 0.355. The first-order chi connectivity index (χ1) is 34.8. The van der Waals surface area contributed by atoms with Crippen molar-refractivity contribution >= 4 is 46.8 Å². The Morgan fingerprint density at radius 2 is 0.611 bits per heavy atom. The highest BCUT2D eigenvalue weighted by atomic mass is 79.9. The Morgan fingerprint density at radius 1 is 0.333 bits per heavy atom. The molecule has 6 aromatic carbocycles. The molecular weight excluding hydrogens is 976 g/mol. The van der Waals surface area contributed by atoms with Crippen LogP contribution in [0.5, 0.6) is 0 Å². The average Bonchev–Trinajstić information content (AvgIpc) is 3.41. The summed E-state index contributed by atoms with van der Waals surface area (Å²) in [5, 5.41) is 16.7. The van der Waals surface area contributed by atoms with Gasteiger partial charge in [0.15, 0.2) is 0 Å². The summed E-state index contributed by atoms with van der Waals surface area (Å²) in [7, 11) is -1.85. The number of aryl methyl sites for hydroxylation is 3. The van der Waals surface area contributed by atoms with Gasteiger partial charge in [-0.25, -0.2) is 0 Å². The lowest BCUT2D eigenvalue weighted by molar-refractivity contribution is -0.126. The van der Waals surface area contributed by atoms with Crippen LogP contribution < -0.4 is 54.2 Å². The Balaban J connectivity index is 0.00000963. The molecule has 0 bridgehead atoms. The minimum absolute atomic E-state index is 0. The zero-order valence-corrected chi connectivity index (χ0v) is 44.6. The first-order valence-corrected chi connectivity index (χ1v) is 28.1. The highest BCUT2D eigenvalue weighted by Gasteiger charge is 2.44. The van der Waals surface area contributed by atoms with Crippen LogP contribution in [0.2, 0.25) is 0 Å². The van der Waals surface area contributed by atoms with Gasteiger partial charge in [0, 0.05) is 45.3 Å². The molecular formula is C62H76BrN4O4P. The molecule has 0 saturated carbocycles.